The van der Waals surface area contributed by atoms with Crippen LogP contribution in [0.3, 0.4) is 0 Å². The predicted molar refractivity (Wildman–Crippen MR) is 69.9 cm³/mol. The van der Waals surface area contributed by atoms with Crippen molar-refractivity contribution in [1.29, 1.82) is 0 Å². The molecule has 1 aromatic carbocycles. The lowest BCUT2D eigenvalue weighted by Gasteiger charge is -2.03. The molecule has 2 rings (SSSR count). The van der Waals surface area contributed by atoms with Gasteiger partial charge in [-0.05, 0) is 24.6 Å². The molecule has 0 fully saturated rings. The van der Waals surface area contributed by atoms with Crippen molar-refractivity contribution in [3.05, 3.63) is 24.1 Å². The Hall–Kier alpha value is -1.56. The molecule has 96 valence electrons. The summed E-state index contributed by atoms with van der Waals surface area (Å²) in [6, 6.07) is 4.94. The van der Waals surface area contributed by atoms with Crippen molar-refractivity contribution in [2.24, 2.45) is 0 Å². The van der Waals surface area contributed by atoms with Crippen LogP contribution in [0.1, 0.15) is 24.1 Å². The van der Waals surface area contributed by atoms with Gasteiger partial charge in [0.2, 0.25) is 11.8 Å². The fourth-order valence-electron chi connectivity index (χ4n) is 1.48. The maximum atomic E-state index is 9.69. The normalized spacial score (nSPS) is 12.4. The van der Waals surface area contributed by atoms with Gasteiger partial charge in [0.1, 0.15) is 0 Å². The number of nitrogens with zero attached hydrogens (tertiary/aromatic N) is 2. The molecule has 0 saturated heterocycles. The zero-order chi connectivity index (χ0) is 13.1. The second-order valence-corrected chi connectivity index (χ2v) is 4.81. The first-order chi connectivity index (χ1) is 8.65. The molecular formula is C12H13BrN2O3. The summed E-state index contributed by atoms with van der Waals surface area (Å²) in [6.07, 6.45) is 0.857. The van der Waals surface area contributed by atoms with Crippen LogP contribution in [0, 0.1) is 0 Å². The topological polar surface area (TPSA) is 68.4 Å². The summed E-state index contributed by atoms with van der Waals surface area (Å²) < 4.78 is 10.5. The first-order valence-electron chi connectivity index (χ1n) is 5.50. The minimum atomic E-state index is 0.0423. The average Bonchev–Trinajstić information content (AvgIpc) is 2.87. The molecule has 1 heterocycles. The lowest BCUT2D eigenvalue weighted by Crippen LogP contribution is -1.86. The van der Waals surface area contributed by atoms with E-state index in [1.165, 1.54) is 13.2 Å². The molecule has 0 bridgehead atoms. The molecule has 0 aliphatic carbocycles. The number of ether oxygens (including phenoxy) is 1. The fraction of sp³-hybridized carbons (Fsp3) is 0.333. The summed E-state index contributed by atoms with van der Waals surface area (Å²) in [7, 11) is 1.50. The smallest absolute Gasteiger partial charge is 0.247 e. The van der Waals surface area contributed by atoms with Gasteiger partial charge in [-0.25, -0.2) is 0 Å². The number of benzene rings is 1. The molecule has 0 aliphatic heterocycles. The van der Waals surface area contributed by atoms with Crippen molar-refractivity contribution in [2.75, 3.05) is 7.11 Å². The summed E-state index contributed by atoms with van der Waals surface area (Å²) in [5, 5.41) is 17.6. The van der Waals surface area contributed by atoms with Crippen LogP contribution in [0.25, 0.3) is 11.5 Å². The van der Waals surface area contributed by atoms with Gasteiger partial charge in [0.05, 0.1) is 11.9 Å². The molecule has 1 unspecified atom stereocenters. The van der Waals surface area contributed by atoms with Crippen molar-refractivity contribution in [2.45, 2.75) is 18.2 Å². The highest BCUT2D eigenvalue weighted by Gasteiger charge is 2.15. The van der Waals surface area contributed by atoms with E-state index in [0.29, 0.717) is 23.1 Å². The molecule has 18 heavy (non-hydrogen) atoms. The minimum Gasteiger partial charge on any atom is -0.504 e. The number of methoxy groups -OCH3 is 1. The number of hydrogen-bond donors (Lipinski definition) is 1. The quantitative estimate of drug-likeness (QED) is 0.877. The Labute approximate surface area is 113 Å². The van der Waals surface area contributed by atoms with Crippen molar-refractivity contribution >= 4 is 15.9 Å². The number of hydrogen-bond acceptors (Lipinski definition) is 5. The van der Waals surface area contributed by atoms with Gasteiger partial charge < -0.3 is 14.3 Å². The minimum absolute atomic E-state index is 0.0423. The van der Waals surface area contributed by atoms with Crippen LogP contribution in [-0.4, -0.2) is 22.4 Å². The first kappa shape index (κ1) is 12.9. The van der Waals surface area contributed by atoms with Crippen molar-refractivity contribution in [3.63, 3.8) is 0 Å². The Morgan fingerprint density at radius 3 is 2.83 bits per heavy atom. The molecule has 5 nitrogen and oxygen atoms in total. The summed E-state index contributed by atoms with van der Waals surface area (Å²) in [5.41, 5.74) is 0.655. The van der Waals surface area contributed by atoms with E-state index < -0.39 is 0 Å². The van der Waals surface area contributed by atoms with Gasteiger partial charge >= 0.3 is 0 Å². The average molecular weight is 313 g/mol. The standard InChI is InChI=1S/C12H13BrN2O3/c1-3-8(13)12-15-14-11(18-12)7-4-5-10(17-2)9(16)6-7/h4-6,8,16H,3H2,1-2H3. The van der Waals surface area contributed by atoms with E-state index in [4.69, 9.17) is 9.15 Å². The molecule has 1 N–H and O–H groups in total. The molecule has 0 aliphatic rings. The monoisotopic (exact) mass is 312 g/mol. The van der Waals surface area contributed by atoms with Crippen LogP contribution in [0.5, 0.6) is 11.5 Å². The van der Waals surface area contributed by atoms with Gasteiger partial charge in [-0.2, -0.15) is 0 Å². The highest BCUT2D eigenvalue weighted by molar-refractivity contribution is 9.09. The number of phenols is 1. The third kappa shape index (κ3) is 2.48. The molecule has 1 atom stereocenters. The van der Waals surface area contributed by atoms with Crippen LogP contribution < -0.4 is 4.74 Å². The number of rotatable bonds is 4. The van der Waals surface area contributed by atoms with Crippen LogP contribution >= 0.6 is 15.9 Å². The van der Waals surface area contributed by atoms with Crippen LogP contribution in [-0.2, 0) is 0 Å². The van der Waals surface area contributed by atoms with E-state index in [9.17, 15) is 5.11 Å². The largest absolute Gasteiger partial charge is 0.504 e. The summed E-state index contributed by atoms with van der Waals surface area (Å²) in [4.78, 5) is 0.0468. The van der Waals surface area contributed by atoms with Gasteiger partial charge in [-0.3, -0.25) is 0 Å². The number of aromatic nitrogens is 2. The molecule has 0 spiro atoms. The number of alkyl halides is 1. The third-order valence-corrected chi connectivity index (χ3v) is 3.53. The van der Waals surface area contributed by atoms with Gasteiger partial charge in [0.15, 0.2) is 11.5 Å². The second kappa shape index (κ2) is 5.39. The van der Waals surface area contributed by atoms with E-state index in [1.807, 2.05) is 6.92 Å². The Kier molecular flexibility index (Phi) is 3.86. The summed E-state index contributed by atoms with van der Waals surface area (Å²) >= 11 is 3.44. The lowest BCUT2D eigenvalue weighted by molar-refractivity contribution is 0.373. The fourth-order valence-corrected chi connectivity index (χ4v) is 1.66. The lowest BCUT2D eigenvalue weighted by atomic mass is 10.2. The highest BCUT2D eigenvalue weighted by atomic mass is 79.9. The summed E-state index contributed by atoms with van der Waals surface area (Å²) in [6.45, 7) is 2.02. The van der Waals surface area contributed by atoms with Gasteiger partial charge in [-0.1, -0.05) is 22.9 Å². The van der Waals surface area contributed by atoms with E-state index in [2.05, 4.69) is 26.1 Å². The highest BCUT2D eigenvalue weighted by Crippen LogP contribution is 2.32. The Balaban J connectivity index is 2.31. The van der Waals surface area contributed by atoms with E-state index in [0.717, 1.165) is 6.42 Å². The van der Waals surface area contributed by atoms with Gasteiger partial charge in [0.25, 0.3) is 0 Å². The van der Waals surface area contributed by atoms with Gasteiger partial charge in [-0.15, -0.1) is 10.2 Å². The van der Waals surface area contributed by atoms with Gasteiger partial charge in [0, 0.05) is 5.56 Å². The second-order valence-electron chi connectivity index (χ2n) is 3.71. The van der Waals surface area contributed by atoms with Crippen molar-refractivity contribution < 1.29 is 14.3 Å². The Morgan fingerprint density at radius 1 is 1.44 bits per heavy atom. The van der Waals surface area contributed by atoms with Crippen LogP contribution in [0.4, 0.5) is 0 Å². The summed E-state index contributed by atoms with van der Waals surface area (Å²) in [5.74, 6) is 1.36. The molecule has 2 aromatic rings. The number of aromatic hydroxyl groups is 1. The maximum Gasteiger partial charge on any atom is 0.247 e. The van der Waals surface area contributed by atoms with E-state index >= 15 is 0 Å². The zero-order valence-corrected chi connectivity index (χ0v) is 11.6. The van der Waals surface area contributed by atoms with E-state index in [-0.39, 0.29) is 10.6 Å². The first-order valence-corrected chi connectivity index (χ1v) is 6.42. The number of halogens is 1. The maximum absolute atomic E-state index is 9.69. The van der Waals surface area contributed by atoms with E-state index in [1.54, 1.807) is 12.1 Å². The van der Waals surface area contributed by atoms with Crippen LogP contribution in [0.15, 0.2) is 22.6 Å². The van der Waals surface area contributed by atoms with Crippen molar-refractivity contribution in [3.8, 4) is 23.0 Å². The molecular weight excluding hydrogens is 300 g/mol. The molecule has 0 radical (unpaired) electrons. The zero-order valence-electron chi connectivity index (χ0n) is 10.1. The third-order valence-electron chi connectivity index (χ3n) is 2.49. The Bertz CT molecular complexity index is 542. The van der Waals surface area contributed by atoms with Crippen molar-refractivity contribution in [1.82, 2.24) is 10.2 Å². The molecule has 0 saturated carbocycles. The molecule has 6 heteroatoms. The predicted octanol–water partition coefficient (Wildman–Crippen LogP) is 3.30. The van der Waals surface area contributed by atoms with Crippen LogP contribution in [0.2, 0.25) is 0 Å². The number of phenolic OH excluding ortho intramolecular Hbond substituents is 1. The molecule has 1 aromatic heterocycles. The molecule has 0 amide bonds. The SMILES string of the molecule is CCC(Br)c1nnc(-c2ccc(OC)c(O)c2)o1. The Morgan fingerprint density at radius 2 is 2.22 bits per heavy atom.